The standard InChI is InChI=1S/C59H102N10O9/c1-17-18-19-20-21-22-27-48(69(37-70)44-29-28-42-25-23-24-26-43(42)35-44)53(75)63-47(34-40(6)7)52(74)65-58(11,12)55(77)64-45(32-38(2)3)50(72)62-46(33-39(4)5)51(73)66-59(13,14)56(78)67-57(9,10)54(76)60-31-30-49(71)61-41(8)36-68(15)16/h23-26,37-41,44-48H,17-22,27-36H2,1-16H3,(H,60,76)(H,61,71)(H,62,72)(H,63,75)(H,64,77)(H,65,74)(H,66,73)(H,67,78)/t41-,44?,45-,46-,47-,48-/m0/s1. The summed E-state index contributed by atoms with van der Waals surface area (Å²) < 4.78 is 0. The van der Waals surface area contributed by atoms with Gasteiger partial charge < -0.3 is 52.3 Å². The van der Waals surface area contributed by atoms with Gasteiger partial charge in [0.2, 0.25) is 53.7 Å². The van der Waals surface area contributed by atoms with Gasteiger partial charge in [0.05, 0.1) is 0 Å². The molecule has 6 atom stereocenters. The number of unbranched alkanes of at least 4 members (excludes halogenated alkanes) is 5. The minimum absolute atomic E-state index is 0.0369. The number of hydrogen-bond donors (Lipinski definition) is 8. The van der Waals surface area contributed by atoms with Crippen molar-refractivity contribution in [2.24, 2.45) is 17.8 Å². The number of aryl methyl sites for hydroxylation is 1. The third kappa shape index (κ3) is 23.8. The Kier molecular flexibility index (Phi) is 28.5. The van der Waals surface area contributed by atoms with Gasteiger partial charge >= 0.3 is 0 Å². The molecule has 0 saturated carbocycles. The molecule has 0 aliphatic heterocycles. The van der Waals surface area contributed by atoms with Gasteiger partial charge in [0.1, 0.15) is 40.8 Å². The number of carbonyl (C=O) groups is 9. The smallest absolute Gasteiger partial charge is 0.246 e. The zero-order valence-corrected chi connectivity index (χ0v) is 50.5. The van der Waals surface area contributed by atoms with Crippen LogP contribution in [0, 0.1) is 17.8 Å². The van der Waals surface area contributed by atoms with Gasteiger partial charge in [-0.25, -0.2) is 0 Å². The predicted octanol–water partition coefficient (Wildman–Crippen LogP) is 4.97. The zero-order chi connectivity index (χ0) is 59.1. The van der Waals surface area contributed by atoms with E-state index in [9.17, 15) is 43.2 Å². The number of amides is 9. The van der Waals surface area contributed by atoms with E-state index in [-0.39, 0.29) is 68.0 Å². The van der Waals surface area contributed by atoms with Gasteiger partial charge in [0.15, 0.2) is 0 Å². The van der Waals surface area contributed by atoms with Crippen LogP contribution < -0.4 is 42.5 Å². The second-order valence-electron chi connectivity index (χ2n) is 24.9. The topological polar surface area (TPSA) is 256 Å². The summed E-state index contributed by atoms with van der Waals surface area (Å²) in [6.07, 6.45) is 9.95. The molecule has 0 radical (unpaired) electrons. The third-order valence-corrected chi connectivity index (χ3v) is 14.1. The maximum atomic E-state index is 14.5. The molecule has 1 unspecified atom stereocenters. The molecule has 19 nitrogen and oxygen atoms in total. The van der Waals surface area contributed by atoms with E-state index in [0.717, 1.165) is 56.9 Å². The molecule has 0 aromatic heterocycles. The van der Waals surface area contributed by atoms with Gasteiger partial charge in [-0.15, -0.1) is 0 Å². The molecule has 78 heavy (non-hydrogen) atoms. The largest absolute Gasteiger partial charge is 0.354 e. The molecule has 442 valence electrons. The second kappa shape index (κ2) is 32.5. The summed E-state index contributed by atoms with van der Waals surface area (Å²) in [6, 6.07) is 3.73. The van der Waals surface area contributed by atoms with Crippen molar-refractivity contribution in [3.05, 3.63) is 35.4 Å². The monoisotopic (exact) mass is 1090 g/mol. The first-order valence-corrected chi connectivity index (χ1v) is 28.7. The van der Waals surface area contributed by atoms with E-state index in [2.05, 4.69) is 61.6 Å². The first-order chi connectivity index (χ1) is 36.3. The second-order valence-corrected chi connectivity index (χ2v) is 24.9. The average Bonchev–Trinajstić information content (AvgIpc) is 3.32. The van der Waals surface area contributed by atoms with Crippen molar-refractivity contribution in [3.63, 3.8) is 0 Å². The molecule has 8 N–H and O–H groups in total. The number of benzene rings is 1. The summed E-state index contributed by atoms with van der Waals surface area (Å²) in [4.78, 5) is 127. The van der Waals surface area contributed by atoms with E-state index in [1.807, 2.05) is 79.6 Å². The Morgan fingerprint density at radius 3 is 1.62 bits per heavy atom. The molecule has 1 aliphatic carbocycles. The molecule has 0 heterocycles. The first-order valence-electron chi connectivity index (χ1n) is 28.7. The van der Waals surface area contributed by atoms with Crippen LogP contribution in [0.1, 0.15) is 185 Å². The highest BCUT2D eigenvalue weighted by Gasteiger charge is 2.41. The van der Waals surface area contributed by atoms with Crippen molar-refractivity contribution >= 4 is 53.7 Å². The Labute approximate surface area is 467 Å². The Bertz CT molecular complexity index is 2140. The number of rotatable bonds is 35. The van der Waals surface area contributed by atoms with Crippen LogP contribution in [0.3, 0.4) is 0 Å². The number of likely N-dealkylation sites (N-methyl/N-ethyl adjacent to an activating group) is 1. The number of nitrogens with zero attached hydrogens (tertiary/aromatic N) is 2. The van der Waals surface area contributed by atoms with Gasteiger partial charge in [-0.2, -0.15) is 0 Å². The van der Waals surface area contributed by atoms with Gasteiger partial charge in [-0.1, -0.05) is 111 Å². The molecule has 19 heteroatoms. The van der Waals surface area contributed by atoms with E-state index in [1.165, 1.54) is 47.1 Å². The van der Waals surface area contributed by atoms with E-state index in [0.29, 0.717) is 25.8 Å². The van der Waals surface area contributed by atoms with E-state index in [4.69, 9.17) is 0 Å². The molecule has 2 rings (SSSR count). The minimum atomic E-state index is -1.59. The van der Waals surface area contributed by atoms with E-state index in [1.54, 1.807) is 4.90 Å². The zero-order valence-electron chi connectivity index (χ0n) is 50.5. The quantitative estimate of drug-likeness (QED) is 0.0335. The Morgan fingerprint density at radius 1 is 0.603 bits per heavy atom. The van der Waals surface area contributed by atoms with Crippen molar-refractivity contribution in [3.8, 4) is 0 Å². The van der Waals surface area contributed by atoms with Crippen molar-refractivity contribution in [1.29, 1.82) is 0 Å². The third-order valence-electron chi connectivity index (χ3n) is 14.1. The highest BCUT2D eigenvalue weighted by Crippen LogP contribution is 2.27. The molecule has 0 bridgehead atoms. The lowest BCUT2D eigenvalue weighted by Gasteiger charge is -2.38. The molecule has 1 aromatic rings. The summed E-state index contributed by atoms with van der Waals surface area (Å²) >= 11 is 0. The molecule has 0 saturated heterocycles. The average molecular weight is 1100 g/mol. The van der Waals surface area contributed by atoms with Crippen LogP contribution in [0.25, 0.3) is 0 Å². The van der Waals surface area contributed by atoms with E-state index < -0.39 is 82.1 Å². The van der Waals surface area contributed by atoms with Crippen LogP contribution in [0.15, 0.2) is 24.3 Å². The summed E-state index contributed by atoms with van der Waals surface area (Å²) in [5.74, 6) is -4.69. The van der Waals surface area contributed by atoms with Crippen molar-refractivity contribution in [1.82, 2.24) is 52.3 Å². The van der Waals surface area contributed by atoms with Crippen LogP contribution in [-0.4, -0.2) is 144 Å². The lowest BCUT2D eigenvalue weighted by atomic mass is 9.86. The lowest BCUT2D eigenvalue weighted by Crippen LogP contribution is -2.65. The minimum Gasteiger partial charge on any atom is -0.354 e. The summed E-state index contributed by atoms with van der Waals surface area (Å²) in [5, 5.41) is 22.5. The molecular weight excluding hydrogens is 993 g/mol. The maximum Gasteiger partial charge on any atom is 0.246 e. The molecule has 0 fully saturated rings. The molecular formula is C59H102N10O9. The van der Waals surface area contributed by atoms with Crippen molar-refractivity contribution in [2.45, 2.75) is 240 Å². The van der Waals surface area contributed by atoms with E-state index >= 15 is 0 Å². The number of carbonyl (C=O) groups excluding carboxylic acids is 9. The van der Waals surface area contributed by atoms with Crippen molar-refractivity contribution < 1.29 is 43.2 Å². The molecule has 0 spiro atoms. The Morgan fingerprint density at radius 2 is 1.09 bits per heavy atom. The highest BCUT2D eigenvalue weighted by atomic mass is 16.2. The summed E-state index contributed by atoms with van der Waals surface area (Å²) in [5.41, 5.74) is -2.20. The van der Waals surface area contributed by atoms with Crippen LogP contribution >= 0.6 is 0 Å². The van der Waals surface area contributed by atoms with Gasteiger partial charge in [0.25, 0.3) is 0 Å². The number of nitrogens with one attached hydrogen (secondary N) is 8. The Hall–Kier alpha value is -5.59. The fourth-order valence-electron chi connectivity index (χ4n) is 9.72. The summed E-state index contributed by atoms with van der Waals surface area (Å²) in [7, 11) is 3.80. The predicted molar refractivity (Wildman–Crippen MR) is 307 cm³/mol. The van der Waals surface area contributed by atoms with Gasteiger partial charge in [-0.05, 0) is 136 Å². The van der Waals surface area contributed by atoms with Gasteiger partial charge in [-0.3, -0.25) is 43.2 Å². The Balaban J connectivity index is 2.24. The molecule has 1 aromatic carbocycles. The number of fused-ring (bicyclic) bond motifs is 1. The van der Waals surface area contributed by atoms with Gasteiger partial charge in [0, 0.05) is 31.6 Å². The highest BCUT2D eigenvalue weighted by molar-refractivity contribution is 5.99. The lowest BCUT2D eigenvalue weighted by molar-refractivity contribution is -0.140. The first kappa shape index (κ1) is 68.5. The SMILES string of the molecule is CCCCCCCC[C@@H](C(=O)N[C@@H](CC(C)C)C(=O)NC(C)(C)C(=O)N[C@@H](CC(C)C)C(=O)N[C@@H](CC(C)C)C(=O)NC(C)(C)C(=O)NC(C)(C)C(=O)NCCC(=O)N[C@@H](C)CN(C)C)N(C=O)C1CCc2ccccc2C1. The van der Waals surface area contributed by atoms with Crippen LogP contribution in [0.4, 0.5) is 0 Å². The maximum absolute atomic E-state index is 14.5. The number of hydrogen-bond acceptors (Lipinski definition) is 10. The van der Waals surface area contributed by atoms with Crippen LogP contribution in [0.5, 0.6) is 0 Å². The van der Waals surface area contributed by atoms with Crippen LogP contribution in [-0.2, 0) is 56.0 Å². The fraction of sp³-hybridized carbons (Fsp3) is 0.746. The molecule has 9 amide bonds. The normalized spacial score (nSPS) is 15.7. The van der Waals surface area contributed by atoms with Crippen LogP contribution in [0.2, 0.25) is 0 Å². The fourth-order valence-corrected chi connectivity index (χ4v) is 9.72. The van der Waals surface area contributed by atoms with Crippen molar-refractivity contribution in [2.75, 3.05) is 27.2 Å². The summed E-state index contributed by atoms with van der Waals surface area (Å²) in [6.45, 7) is 25.1. The molecule has 1 aliphatic rings.